The summed E-state index contributed by atoms with van der Waals surface area (Å²) in [6.45, 7) is 4.62. The molecule has 2 N–H and O–H groups in total. The van der Waals surface area contributed by atoms with Crippen molar-refractivity contribution in [2.24, 2.45) is 7.05 Å². The fraction of sp³-hybridized carbons (Fsp3) is 0.389. The van der Waals surface area contributed by atoms with Gasteiger partial charge in [0.05, 0.1) is 6.10 Å². The van der Waals surface area contributed by atoms with Gasteiger partial charge in [0.2, 0.25) is 0 Å². The van der Waals surface area contributed by atoms with Crippen LogP contribution < -0.4 is 5.32 Å². The molecule has 0 aliphatic rings. The van der Waals surface area contributed by atoms with E-state index in [1.54, 1.807) is 12.1 Å². The number of halogens is 1. The van der Waals surface area contributed by atoms with Crippen molar-refractivity contribution >= 4 is 0 Å². The van der Waals surface area contributed by atoms with Crippen LogP contribution in [-0.4, -0.2) is 15.7 Å². The average molecular weight is 315 g/mol. The van der Waals surface area contributed by atoms with Gasteiger partial charge in [0, 0.05) is 25.3 Å². The minimum atomic E-state index is -0.635. The second-order valence-corrected chi connectivity index (χ2v) is 5.90. The van der Waals surface area contributed by atoms with Crippen LogP contribution in [0.5, 0.6) is 0 Å². The van der Waals surface area contributed by atoms with Gasteiger partial charge in [0.15, 0.2) is 0 Å². The minimum Gasteiger partial charge on any atom is -0.388 e. The zero-order chi connectivity index (χ0) is 17.0. The summed E-state index contributed by atoms with van der Waals surface area (Å²) in [5, 5.41) is 22.6. The van der Waals surface area contributed by atoms with Crippen molar-refractivity contribution in [1.29, 1.82) is 5.26 Å². The van der Waals surface area contributed by atoms with E-state index in [4.69, 9.17) is 5.26 Å². The molecule has 0 unspecified atom stereocenters. The summed E-state index contributed by atoms with van der Waals surface area (Å²) in [5.41, 5.74) is 3.48. The number of nitriles is 1. The summed E-state index contributed by atoms with van der Waals surface area (Å²) >= 11 is 0. The smallest absolute Gasteiger partial charge is 0.123 e. The molecule has 0 amide bonds. The van der Waals surface area contributed by atoms with E-state index in [1.807, 2.05) is 31.5 Å². The van der Waals surface area contributed by atoms with Crippen molar-refractivity contribution in [2.45, 2.75) is 39.0 Å². The second-order valence-electron chi connectivity index (χ2n) is 5.90. The molecule has 0 aliphatic carbocycles. The van der Waals surface area contributed by atoms with E-state index in [9.17, 15) is 9.50 Å². The van der Waals surface area contributed by atoms with Gasteiger partial charge in [-0.05, 0) is 49.6 Å². The van der Waals surface area contributed by atoms with E-state index >= 15 is 0 Å². The molecule has 0 saturated heterocycles. The molecule has 2 aromatic rings. The maximum absolute atomic E-state index is 12.9. The van der Waals surface area contributed by atoms with E-state index in [2.05, 4.69) is 11.4 Å². The van der Waals surface area contributed by atoms with Crippen LogP contribution in [-0.2, 0) is 13.6 Å². The molecule has 0 saturated carbocycles. The summed E-state index contributed by atoms with van der Waals surface area (Å²) < 4.78 is 14.8. The normalized spacial score (nSPS) is 13.6. The standard InChI is InChI=1S/C18H22FN3O/c1-12(8-18(23)14-4-6-16(19)7-5-14)21-11-15-9-17(10-20)22(3)13(15)2/h4-7,9,12,18,21,23H,8,11H2,1-3H3/t12-,18+/m0/s1. The molecule has 0 aliphatic heterocycles. The average Bonchev–Trinajstić information content (AvgIpc) is 2.81. The highest BCUT2D eigenvalue weighted by Gasteiger charge is 2.14. The molecule has 2 rings (SSSR count). The lowest BCUT2D eigenvalue weighted by molar-refractivity contribution is 0.153. The highest BCUT2D eigenvalue weighted by molar-refractivity contribution is 5.34. The van der Waals surface area contributed by atoms with Crippen molar-refractivity contribution < 1.29 is 9.50 Å². The van der Waals surface area contributed by atoms with E-state index in [0.717, 1.165) is 11.3 Å². The first-order valence-electron chi connectivity index (χ1n) is 7.64. The van der Waals surface area contributed by atoms with Gasteiger partial charge in [-0.2, -0.15) is 5.26 Å². The highest BCUT2D eigenvalue weighted by Crippen LogP contribution is 2.19. The summed E-state index contributed by atoms with van der Waals surface area (Å²) in [6, 6.07) is 10.0. The Labute approximate surface area is 136 Å². The highest BCUT2D eigenvalue weighted by atomic mass is 19.1. The van der Waals surface area contributed by atoms with Crippen LogP contribution in [0.25, 0.3) is 0 Å². The Hall–Kier alpha value is -2.16. The van der Waals surface area contributed by atoms with Gasteiger partial charge in [-0.3, -0.25) is 0 Å². The van der Waals surface area contributed by atoms with Crippen LogP contribution in [0.4, 0.5) is 4.39 Å². The summed E-state index contributed by atoms with van der Waals surface area (Å²) in [5.74, 6) is -0.306. The molecule has 0 bridgehead atoms. The molecule has 1 heterocycles. The zero-order valence-electron chi connectivity index (χ0n) is 13.7. The number of hydrogen-bond acceptors (Lipinski definition) is 3. The van der Waals surface area contributed by atoms with Gasteiger partial charge < -0.3 is 15.0 Å². The Morgan fingerprint density at radius 1 is 1.35 bits per heavy atom. The largest absolute Gasteiger partial charge is 0.388 e. The maximum atomic E-state index is 12.9. The molecule has 23 heavy (non-hydrogen) atoms. The SMILES string of the molecule is Cc1c(CN[C@@H](C)C[C@@H](O)c2ccc(F)cc2)cc(C#N)n1C. The number of aromatic nitrogens is 1. The third kappa shape index (κ3) is 4.19. The molecule has 5 heteroatoms. The van der Waals surface area contributed by atoms with E-state index in [-0.39, 0.29) is 11.9 Å². The number of nitrogens with one attached hydrogen (secondary N) is 1. The number of aliphatic hydroxyl groups excluding tert-OH is 1. The third-order valence-corrected chi connectivity index (χ3v) is 4.23. The quantitative estimate of drug-likeness (QED) is 0.861. The fourth-order valence-corrected chi connectivity index (χ4v) is 2.57. The van der Waals surface area contributed by atoms with Gasteiger partial charge in [0.25, 0.3) is 0 Å². The van der Waals surface area contributed by atoms with Gasteiger partial charge in [0.1, 0.15) is 17.6 Å². The minimum absolute atomic E-state index is 0.0835. The first kappa shape index (κ1) is 17.2. The summed E-state index contributed by atoms with van der Waals surface area (Å²) in [4.78, 5) is 0. The zero-order valence-corrected chi connectivity index (χ0v) is 13.7. The van der Waals surface area contributed by atoms with Gasteiger partial charge in [-0.25, -0.2) is 4.39 Å². The number of benzene rings is 1. The summed E-state index contributed by atoms with van der Waals surface area (Å²) in [6.07, 6.45) is -0.104. The van der Waals surface area contributed by atoms with Crippen LogP contribution in [0.1, 0.15) is 42.0 Å². The van der Waals surface area contributed by atoms with Crippen LogP contribution in [0.2, 0.25) is 0 Å². The lowest BCUT2D eigenvalue weighted by atomic mass is 10.0. The Bertz CT molecular complexity index is 700. The monoisotopic (exact) mass is 315 g/mol. The van der Waals surface area contributed by atoms with Crippen LogP contribution >= 0.6 is 0 Å². The molecule has 2 atom stereocenters. The molecule has 0 spiro atoms. The van der Waals surface area contributed by atoms with Crippen molar-refractivity contribution in [3.8, 4) is 6.07 Å². The third-order valence-electron chi connectivity index (χ3n) is 4.23. The molecule has 0 fully saturated rings. The van der Waals surface area contributed by atoms with E-state index < -0.39 is 6.10 Å². The molecule has 0 radical (unpaired) electrons. The lowest BCUT2D eigenvalue weighted by Gasteiger charge is -2.18. The van der Waals surface area contributed by atoms with Crippen molar-refractivity contribution in [3.05, 3.63) is 58.7 Å². The first-order valence-corrected chi connectivity index (χ1v) is 7.64. The molecule has 122 valence electrons. The van der Waals surface area contributed by atoms with Gasteiger partial charge >= 0.3 is 0 Å². The predicted molar refractivity (Wildman–Crippen MR) is 87.1 cm³/mol. The number of rotatable bonds is 6. The molecular weight excluding hydrogens is 293 g/mol. The topological polar surface area (TPSA) is 61.0 Å². The molecule has 1 aromatic carbocycles. The van der Waals surface area contributed by atoms with Gasteiger partial charge in [-0.1, -0.05) is 12.1 Å². The first-order chi connectivity index (χ1) is 10.9. The maximum Gasteiger partial charge on any atom is 0.123 e. The lowest BCUT2D eigenvalue weighted by Crippen LogP contribution is -2.27. The Balaban J connectivity index is 1.91. The Morgan fingerprint density at radius 3 is 2.57 bits per heavy atom. The Kier molecular flexibility index (Phi) is 5.54. The molecular formula is C18H22FN3O. The number of hydrogen-bond donors (Lipinski definition) is 2. The van der Waals surface area contributed by atoms with Crippen molar-refractivity contribution in [3.63, 3.8) is 0 Å². The van der Waals surface area contributed by atoms with E-state index in [1.165, 1.54) is 12.1 Å². The predicted octanol–water partition coefficient (Wildman–Crippen LogP) is 2.95. The molecule has 4 nitrogen and oxygen atoms in total. The van der Waals surface area contributed by atoms with Crippen LogP contribution in [0.3, 0.4) is 0 Å². The number of nitrogens with zero attached hydrogens (tertiary/aromatic N) is 2. The number of aliphatic hydroxyl groups is 1. The van der Waals surface area contributed by atoms with E-state index in [0.29, 0.717) is 24.2 Å². The molecule has 1 aromatic heterocycles. The van der Waals surface area contributed by atoms with Crippen molar-refractivity contribution in [2.75, 3.05) is 0 Å². The fourth-order valence-electron chi connectivity index (χ4n) is 2.57. The van der Waals surface area contributed by atoms with Gasteiger partial charge in [-0.15, -0.1) is 0 Å². The summed E-state index contributed by atoms with van der Waals surface area (Å²) in [7, 11) is 1.87. The van der Waals surface area contributed by atoms with Crippen molar-refractivity contribution in [1.82, 2.24) is 9.88 Å². The second kappa shape index (κ2) is 7.40. The van der Waals surface area contributed by atoms with Crippen LogP contribution in [0, 0.1) is 24.1 Å². The van der Waals surface area contributed by atoms with Crippen LogP contribution in [0.15, 0.2) is 30.3 Å². The Morgan fingerprint density at radius 2 is 2.00 bits per heavy atom.